The zero-order valence-corrected chi connectivity index (χ0v) is 36.1. The number of nitro groups is 2. The molecule has 350 valence electrons. The highest BCUT2D eigenvalue weighted by Crippen LogP contribution is 2.47. The van der Waals surface area contributed by atoms with E-state index in [9.17, 15) is 49.0 Å². The van der Waals surface area contributed by atoms with Gasteiger partial charge in [0.1, 0.15) is 42.6 Å². The van der Waals surface area contributed by atoms with E-state index >= 15 is 0 Å². The lowest BCUT2D eigenvalue weighted by molar-refractivity contribution is -0.385. The van der Waals surface area contributed by atoms with Crippen LogP contribution in [0.3, 0.4) is 0 Å². The predicted molar refractivity (Wildman–Crippen MR) is 232 cm³/mol. The number of nitrogens with zero attached hydrogens (tertiary/aromatic N) is 2. The Kier molecular flexibility index (Phi) is 14.8. The Balaban J connectivity index is 1.61. The molecule has 67 heavy (non-hydrogen) atoms. The van der Waals surface area contributed by atoms with Crippen LogP contribution in [0.25, 0.3) is 0 Å². The maximum atomic E-state index is 14.9. The van der Waals surface area contributed by atoms with Crippen LogP contribution in [0.2, 0.25) is 0 Å². The fourth-order valence-corrected chi connectivity index (χ4v) is 7.05. The minimum Gasteiger partial charge on any atom is -0.497 e. The molecule has 0 spiro atoms. The largest absolute Gasteiger partial charge is 0.497 e. The van der Waals surface area contributed by atoms with E-state index < -0.39 is 98.6 Å². The van der Waals surface area contributed by atoms with Crippen LogP contribution in [-0.2, 0) is 46.3 Å². The number of nitrogens with one attached hydrogen (secondary N) is 5. The SMILES string of the molecule is C=CCOC(=O)N[C@@H]1Cc2ccc(c([N+](=O)[O-])c2)Oc2cc3cc(c2OC)Oc2ccc(cc2[N+](=O)[O-])C[C@H](C(=O)OC)NC(=O)[C@@H](c2ccc(OC)cc2)NC(=O)[C@H]3NC(=O)[C@@H](C)NC1=O. The normalized spacial score (nSPS) is 19.5. The Hall–Kier alpha value is -8.76. The molecule has 8 rings (SSSR count). The molecule has 4 heterocycles. The fraction of sp³-hybridized carbons (Fsp3) is 0.273. The third-order valence-corrected chi connectivity index (χ3v) is 10.4. The standard InChI is InChI=1S/C44H43N7O16/c1-6-15-65-44(57)47-28-16-23-7-13-32(30(18-23)50(58)59)66-34-20-26-21-35(38(34)63-4)67-33-14-8-24(19-31(33)51(60)61)17-29(43(56)64-5)46-41(54)36(25-9-11-27(62-3)12-10-25)49-42(55)37(26)48-39(52)22(2)45-40(28)53/h6-14,18-22,28-29,36-37H,1,15-17H2,2-5H3,(H,45,53)(H,46,54)(H,47,57)(H,48,52)(H,49,55)/t22-,28-,29-,36-,37+/m1/s1. The number of carbonyl (C=O) groups is 6. The number of hydrogen-bond donors (Lipinski definition) is 5. The van der Waals surface area contributed by atoms with E-state index in [2.05, 4.69) is 33.2 Å². The Morgan fingerprint density at radius 3 is 1.81 bits per heavy atom. The number of alkyl carbamates (subject to hydrolysis) is 1. The van der Waals surface area contributed by atoms with Gasteiger partial charge in [-0.2, -0.15) is 0 Å². The third-order valence-electron chi connectivity index (χ3n) is 10.4. The van der Waals surface area contributed by atoms with Crippen molar-refractivity contribution in [3.63, 3.8) is 0 Å². The van der Waals surface area contributed by atoms with Crippen molar-refractivity contribution < 1.29 is 67.0 Å². The quantitative estimate of drug-likeness (QED) is 0.0692. The highest BCUT2D eigenvalue weighted by Gasteiger charge is 2.36. The number of fused-ring (bicyclic) bond motifs is 16. The molecule has 0 aromatic heterocycles. The summed E-state index contributed by atoms with van der Waals surface area (Å²) in [5.74, 6) is -6.37. The van der Waals surface area contributed by atoms with Gasteiger partial charge >= 0.3 is 23.4 Å². The Bertz CT molecular complexity index is 2640. The molecule has 23 nitrogen and oxygen atoms in total. The molecular weight excluding hydrogens is 883 g/mol. The van der Waals surface area contributed by atoms with Gasteiger partial charge in [-0.15, -0.1) is 0 Å². The number of rotatable bonds is 9. The van der Waals surface area contributed by atoms with Crippen molar-refractivity contribution in [2.24, 2.45) is 0 Å². The monoisotopic (exact) mass is 925 g/mol. The molecule has 0 radical (unpaired) electrons. The number of benzene rings is 4. The van der Waals surface area contributed by atoms with Crippen LogP contribution in [0.4, 0.5) is 16.2 Å². The predicted octanol–water partition coefficient (Wildman–Crippen LogP) is 3.68. The van der Waals surface area contributed by atoms with Gasteiger partial charge in [0.25, 0.3) is 0 Å². The summed E-state index contributed by atoms with van der Waals surface area (Å²) in [6.07, 6.45) is -0.481. The lowest BCUT2D eigenvalue weighted by Gasteiger charge is -2.28. The van der Waals surface area contributed by atoms with Gasteiger partial charge in [0, 0.05) is 25.0 Å². The molecule has 4 aliphatic rings. The summed E-state index contributed by atoms with van der Waals surface area (Å²) < 4.78 is 33.2. The summed E-state index contributed by atoms with van der Waals surface area (Å²) in [5, 5.41) is 37.8. The average molecular weight is 926 g/mol. The molecule has 7 bridgehead atoms. The van der Waals surface area contributed by atoms with Gasteiger partial charge in [0.15, 0.2) is 11.5 Å². The molecule has 0 saturated heterocycles. The number of carbonyl (C=O) groups excluding carboxylic acids is 6. The second-order valence-corrected chi connectivity index (χ2v) is 14.8. The van der Waals surface area contributed by atoms with Crippen molar-refractivity contribution in [1.82, 2.24) is 26.6 Å². The van der Waals surface area contributed by atoms with Crippen LogP contribution in [0, 0.1) is 20.2 Å². The molecule has 0 unspecified atom stereocenters. The van der Waals surface area contributed by atoms with Crippen LogP contribution in [0.1, 0.15) is 41.3 Å². The smallest absolute Gasteiger partial charge is 0.408 e. The highest BCUT2D eigenvalue weighted by atomic mass is 16.6. The van der Waals surface area contributed by atoms with Crippen LogP contribution < -0.4 is 45.5 Å². The molecule has 4 aliphatic heterocycles. The number of hydrogen-bond acceptors (Lipinski definition) is 16. The highest BCUT2D eigenvalue weighted by molar-refractivity contribution is 5.97. The van der Waals surface area contributed by atoms with Crippen LogP contribution in [0.15, 0.2) is 85.5 Å². The number of esters is 1. The van der Waals surface area contributed by atoms with Crippen molar-refractivity contribution in [3.8, 4) is 34.5 Å². The Labute approximate surface area is 380 Å². The Morgan fingerprint density at radius 1 is 0.716 bits per heavy atom. The molecule has 4 aromatic rings. The zero-order chi connectivity index (χ0) is 48.5. The first-order chi connectivity index (χ1) is 32.0. The van der Waals surface area contributed by atoms with Crippen LogP contribution in [-0.4, -0.2) is 91.6 Å². The van der Waals surface area contributed by atoms with E-state index in [1.54, 1.807) is 0 Å². The van der Waals surface area contributed by atoms with Gasteiger partial charge in [-0.25, -0.2) is 9.59 Å². The summed E-state index contributed by atoms with van der Waals surface area (Å²) in [6.45, 7) is 4.50. The van der Waals surface area contributed by atoms with Gasteiger partial charge in [-0.05, 0) is 65.6 Å². The maximum absolute atomic E-state index is 14.9. The molecule has 0 aliphatic carbocycles. The molecule has 5 atom stereocenters. The minimum atomic E-state index is -1.88. The van der Waals surface area contributed by atoms with Crippen molar-refractivity contribution in [1.29, 1.82) is 0 Å². The number of nitro benzene ring substituents is 2. The van der Waals surface area contributed by atoms with E-state index in [0.717, 1.165) is 19.2 Å². The van der Waals surface area contributed by atoms with Crippen LogP contribution >= 0.6 is 0 Å². The first kappa shape index (κ1) is 47.7. The lowest BCUT2D eigenvalue weighted by atomic mass is 9.99. The zero-order valence-electron chi connectivity index (χ0n) is 36.1. The molecule has 4 aromatic carbocycles. The van der Waals surface area contributed by atoms with Crippen LogP contribution in [0.5, 0.6) is 34.5 Å². The van der Waals surface area contributed by atoms with E-state index in [4.69, 9.17) is 28.4 Å². The van der Waals surface area contributed by atoms with E-state index in [1.165, 1.54) is 87.9 Å². The second kappa shape index (κ2) is 20.8. The van der Waals surface area contributed by atoms with Gasteiger partial charge in [0.2, 0.25) is 40.9 Å². The van der Waals surface area contributed by atoms with Crippen molar-refractivity contribution in [2.45, 2.75) is 50.0 Å². The molecule has 0 fully saturated rings. The van der Waals surface area contributed by atoms with E-state index in [0.29, 0.717) is 5.75 Å². The van der Waals surface area contributed by atoms with Gasteiger partial charge in [-0.1, -0.05) is 36.9 Å². The Morgan fingerprint density at radius 2 is 1.27 bits per heavy atom. The molecule has 5 N–H and O–H groups in total. The third kappa shape index (κ3) is 11.1. The first-order valence-electron chi connectivity index (χ1n) is 20.1. The number of methoxy groups -OCH3 is 3. The summed E-state index contributed by atoms with van der Waals surface area (Å²) in [6, 6.07) is 7.66. The van der Waals surface area contributed by atoms with Gasteiger partial charge in [0.05, 0.1) is 31.2 Å². The average Bonchev–Trinajstić information content (AvgIpc) is 3.30. The van der Waals surface area contributed by atoms with Crippen molar-refractivity contribution in [2.75, 3.05) is 27.9 Å². The molecular formula is C44H43N7O16. The van der Waals surface area contributed by atoms with Gasteiger partial charge < -0.3 is 55.0 Å². The number of amides is 5. The molecule has 5 amide bonds. The maximum Gasteiger partial charge on any atom is 0.408 e. The topological polar surface area (TPSA) is 304 Å². The first-order valence-corrected chi connectivity index (χ1v) is 20.1. The lowest BCUT2D eigenvalue weighted by Crippen LogP contribution is -2.55. The summed E-state index contributed by atoms with van der Waals surface area (Å²) >= 11 is 0. The number of ether oxygens (including phenoxy) is 6. The second-order valence-electron chi connectivity index (χ2n) is 14.8. The van der Waals surface area contributed by atoms with E-state index in [-0.39, 0.29) is 59.0 Å². The summed E-state index contributed by atoms with van der Waals surface area (Å²) in [7, 11) is 3.65. The fourth-order valence-electron chi connectivity index (χ4n) is 7.05. The van der Waals surface area contributed by atoms with E-state index in [1.807, 2.05) is 0 Å². The summed E-state index contributed by atoms with van der Waals surface area (Å²) in [4.78, 5) is 107. The van der Waals surface area contributed by atoms with Crippen molar-refractivity contribution in [3.05, 3.63) is 128 Å². The molecule has 0 saturated carbocycles. The van der Waals surface area contributed by atoms with Gasteiger partial charge in [-0.3, -0.25) is 39.4 Å². The summed E-state index contributed by atoms with van der Waals surface area (Å²) in [5.41, 5.74) is -0.979. The molecule has 23 heteroatoms. The minimum absolute atomic E-state index is 0.153. The van der Waals surface area contributed by atoms with Crippen molar-refractivity contribution >= 4 is 47.1 Å².